The van der Waals surface area contributed by atoms with Crippen LogP contribution < -0.4 is 15.5 Å². The zero-order chi connectivity index (χ0) is 28.9. The van der Waals surface area contributed by atoms with E-state index in [-0.39, 0.29) is 17.9 Å². The van der Waals surface area contributed by atoms with Gasteiger partial charge in [-0.05, 0) is 62.0 Å². The number of nitrogens with zero attached hydrogens (tertiary/aromatic N) is 3. The Labute approximate surface area is 242 Å². The van der Waals surface area contributed by atoms with E-state index in [0.717, 1.165) is 41.7 Å². The monoisotopic (exact) mass is 552 g/mol. The first kappa shape index (κ1) is 28.2. The number of benzene rings is 3. The van der Waals surface area contributed by atoms with Crippen molar-refractivity contribution in [2.75, 3.05) is 50.5 Å². The number of carbonyl (C=O) groups is 2. The van der Waals surface area contributed by atoms with Crippen molar-refractivity contribution >= 4 is 34.2 Å². The number of fused-ring (bicyclic) bond motifs is 1. The summed E-state index contributed by atoms with van der Waals surface area (Å²) in [7, 11) is 4.03. The molecule has 0 aliphatic carbocycles. The predicted molar refractivity (Wildman–Crippen MR) is 166 cm³/mol. The van der Waals surface area contributed by atoms with E-state index < -0.39 is 6.04 Å². The molecule has 5 rings (SSSR count). The lowest BCUT2D eigenvalue weighted by Gasteiger charge is -2.37. The Morgan fingerprint density at radius 1 is 0.951 bits per heavy atom. The van der Waals surface area contributed by atoms with Crippen molar-refractivity contribution in [3.8, 4) is 0 Å². The highest BCUT2D eigenvalue weighted by atomic mass is 16.2. The summed E-state index contributed by atoms with van der Waals surface area (Å²) < 4.78 is 0. The summed E-state index contributed by atoms with van der Waals surface area (Å²) in [5, 5.41) is 7.24. The van der Waals surface area contributed by atoms with E-state index in [1.165, 1.54) is 11.3 Å². The van der Waals surface area contributed by atoms with Gasteiger partial charge in [0.15, 0.2) is 0 Å². The van der Waals surface area contributed by atoms with Crippen LogP contribution in [0.2, 0.25) is 0 Å². The molecule has 3 amide bonds. The van der Waals surface area contributed by atoms with E-state index >= 15 is 0 Å². The predicted octanol–water partition coefficient (Wildman–Crippen LogP) is 5.18. The third-order valence-corrected chi connectivity index (χ3v) is 7.89. The number of aryl methyl sites for hydroxylation is 1. The minimum Gasteiger partial charge on any atom is -0.368 e. The Morgan fingerprint density at radius 2 is 1.68 bits per heavy atom. The fourth-order valence-corrected chi connectivity index (χ4v) is 5.69. The van der Waals surface area contributed by atoms with Gasteiger partial charge >= 0.3 is 6.03 Å². The molecular weight excluding hydrogens is 512 g/mol. The Morgan fingerprint density at radius 3 is 2.44 bits per heavy atom. The summed E-state index contributed by atoms with van der Waals surface area (Å²) in [6.07, 6.45) is 1.94. The lowest BCUT2D eigenvalue weighted by Crippen LogP contribution is -2.56. The number of carbonyl (C=O) groups excluding carboxylic acids is 2. The highest BCUT2D eigenvalue weighted by molar-refractivity contribution is 5.98. The van der Waals surface area contributed by atoms with Gasteiger partial charge in [0.1, 0.15) is 6.04 Å². The molecule has 1 aliphatic rings. The number of hydrogen-bond donors (Lipinski definition) is 3. The molecule has 3 aromatic carbocycles. The van der Waals surface area contributed by atoms with Gasteiger partial charge in [-0.1, -0.05) is 55.5 Å². The zero-order valence-corrected chi connectivity index (χ0v) is 24.4. The molecule has 2 heterocycles. The number of piperazine rings is 1. The van der Waals surface area contributed by atoms with Gasteiger partial charge in [-0.2, -0.15) is 0 Å². The molecule has 4 aromatic rings. The number of nitrogens with one attached hydrogen (secondary N) is 3. The number of aromatic amines is 1. The van der Waals surface area contributed by atoms with Crippen molar-refractivity contribution in [2.45, 2.75) is 32.4 Å². The molecule has 3 N–H and O–H groups in total. The molecule has 0 saturated carbocycles. The SMILES string of the molecule is Cc1ccccc1N1CCN(C(=O)N[C@@H](C(=O)Nc2cccc(CN(C)C)c2)[C@@H](C)c2c[nH]c3ccccc23)CC1. The van der Waals surface area contributed by atoms with Crippen LogP contribution >= 0.6 is 0 Å². The first-order chi connectivity index (χ1) is 19.8. The Bertz CT molecular complexity index is 1500. The van der Waals surface area contributed by atoms with Gasteiger partial charge < -0.3 is 30.3 Å². The molecule has 0 spiro atoms. The summed E-state index contributed by atoms with van der Waals surface area (Å²) in [6, 6.07) is 23.2. The van der Waals surface area contributed by atoms with Crippen LogP contribution in [-0.4, -0.2) is 73.0 Å². The van der Waals surface area contributed by atoms with Gasteiger partial charge in [0.25, 0.3) is 0 Å². The highest BCUT2D eigenvalue weighted by Gasteiger charge is 2.32. The van der Waals surface area contributed by atoms with Crippen LogP contribution in [-0.2, 0) is 11.3 Å². The standard InChI is InChI=1S/C33H40N6O2/c1-23-10-5-8-15-30(23)38-16-18-39(19-17-38)33(41)36-31(24(2)28-21-34-29-14-7-6-13-27(28)29)32(40)35-26-12-9-11-25(20-26)22-37(3)4/h5-15,20-21,24,31,34H,16-19,22H2,1-4H3,(H,35,40)(H,36,41)/t24-,31+/m0/s1. The van der Waals surface area contributed by atoms with Crippen LogP contribution in [0.5, 0.6) is 0 Å². The van der Waals surface area contributed by atoms with Crippen LogP contribution in [0.1, 0.15) is 29.5 Å². The number of anilines is 2. The highest BCUT2D eigenvalue weighted by Crippen LogP contribution is 2.29. The van der Waals surface area contributed by atoms with Crippen molar-refractivity contribution in [3.05, 3.63) is 95.7 Å². The number of hydrogen-bond acceptors (Lipinski definition) is 4. The topological polar surface area (TPSA) is 83.7 Å². The third kappa shape index (κ3) is 6.55. The molecule has 1 aromatic heterocycles. The average molecular weight is 553 g/mol. The Balaban J connectivity index is 1.34. The lowest BCUT2D eigenvalue weighted by atomic mass is 9.92. The third-order valence-electron chi connectivity index (χ3n) is 7.89. The number of urea groups is 1. The van der Waals surface area contributed by atoms with E-state index in [1.54, 1.807) is 0 Å². The second kappa shape index (κ2) is 12.5. The average Bonchev–Trinajstić information content (AvgIpc) is 3.40. The smallest absolute Gasteiger partial charge is 0.318 e. The van der Waals surface area contributed by atoms with E-state index in [2.05, 4.69) is 44.5 Å². The number of aromatic nitrogens is 1. The van der Waals surface area contributed by atoms with Gasteiger partial charge in [0.05, 0.1) is 0 Å². The molecule has 8 nitrogen and oxygen atoms in total. The first-order valence-electron chi connectivity index (χ1n) is 14.3. The largest absolute Gasteiger partial charge is 0.368 e. The maximum atomic E-state index is 13.8. The minimum atomic E-state index is -0.770. The zero-order valence-electron chi connectivity index (χ0n) is 24.4. The van der Waals surface area contributed by atoms with E-state index in [1.807, 2.05) is 92.8 Å². The molecule has 41 heavy (non-hydrogen) atoms. The fraction of sp³-hybridized carbons (Fsp3) is 0.333. The molecule has 8 heteroatoms. The molecule has 0 bridgehead atoms. The van der Waals surface area contributed by atoms with Gasteiger partial charge in [0, 0.05) is 67.1 Å². The molecule has 0 radical (unpaired) electrons. The summed E-state index contributed by atoms with van der Waals surface area (Å²) in [5.74, 6) is -0.509. The van der Waals surface area contributed by atoms with Crippen molar-refractivity contribution < 1.29 is 9.59 Å². The molecular formula is C33H40N6O2. The van der Waals surface area contributed by atoms with Crippen LogP contribution in [0.3, 0.4) is 0 Å². The normalized spacial score (nSPS) is 15.1. The maximum absolute atomic E-state index is 13.8. The number of para-hydroxylation sites is 2. The quantitative estimate of drug-likeness (QED) is 0.281. The van der Waals surface area contributed by atoms with Crippen LogP contribution in [0, 0.1) is 6.92 Å². The van der Waals surface area contributed by atoms with Crippen LogP contribution in [0.15, 0.2) is 79.0 Å². The summed E-state index contributed by atoms with van der Waals surface area (Å²) >= 11 is 0. The van der Waals surface area contributed by atoms with Gasteiger partial charge in [-0.15, -0.1) is 0 Å². The molecule has 1 aliphatic heterocycles. The van der Waals surface area contributed by atoms with Crippen molar-refractivity contribution in [2.24, 2.45) is 0 Å². The summed E-state index contributed by atoms with van der Waals surface area (Å²) in [4.78, 5) is 37.0. The second-order valence-electron chi connectivity index (χ2n) is 11.2. The van der Waals surface area contributed by atoms with E-state index in [4.69, 9.17) is 0 Å². The van der Waals surface area contributed by atoms with Crippen molar-refractivity contribution in [1.82, 2.24) is 20.1 Å². The first-order valence-corrected chi connectivity index (χ1v) is 14.3. The molecule has 1 fully saturated rings. The summed E-state index contributed by atoms with van der Waals surface area (Å²) in [6.45, 7) is 7.53. The second-order valence-corrected chi connectivity index (χ2v) is 11.2. The van der Waals surface area contributed by atoms with Crippen LogP contribution in [0.4, 0.5) is 16.2 Å². The van der Waals surface area contributed by atoms with E-state index in [9.17, 15) is 9.59 Å². The van der Waals surface area contributed by atoms with Gasteiger partial charge in [-0.3, -0.25) is 4.79 Å². The molecule has 1 saturated heterocycles. The molecule has 214 valence electrons. The lowest BCUT2D eigenvalue weighted by molar-refractivity contribution is -0.118. The maximum Gasteiger partial charge on any atom is 0.318 e. The minimum absolute atomic E-state index is 0.220. The number of H-pyrrole nitrogens is 1. The number of rotatable bonds is 8. The Kier molecular flexibility index (Phi) is 8.59. The fourth-order valence-electron chi connectivity index (χ4n) is 5.69. The van der Waals surface area contributed by atoms with Crippen molar-refractivity contribution in [3.63, 3.8) is 0 Å². The van der Waals surface area contributed by atoms with Gasteiger partial charge in [-0.25, -0.2) is 4.79 Å². The van der Waals surface area contributed by atoms with E-state index in [0.29, 0.717) is 18.8 Å². The summed E-state index contributed by atoms with van der Waals surface area (Å²) in [5.41, 5.74) is 6.24. The van der Waals surface area contributed by atoms with Gasteiger partial charge in [0.2, 0.25) is 5.91 Å². The molecule has 0 unspecified atom stereocenters. The Hall–Kier alpha value is -4.30. The number of amides is 3. The van der Waals surface area contributed by atoms with Crippen LogP contribution in [0.25, 0.3) is 10.9 Å². The van der Waals surface area contributed by atoms with Crippen molar-refractivity contribution in [1.29, 1.82) is 0 Å². The molecule has 2 atom stereocenters.